The molecule has 0 spiro atoms. The molecule has 0 saturated heterocycles. The van der Waals surface area contributed by atoms with Crippen LogP contribution in [0.2, 0.25) is 0 Å². The van der Waals surface area contributed by atoms with Crippen molar-refractivity contribution in [3.63, 3.8) is 0 Å². The van der Waals surface area contributed by atoms with Crippen LogP contribution in [0.1, 0.15) is 24.0 Å². The van der Waals surface area contributed by atoms with E-state index in [9.17, 15) is 0 Å². The number of aromatic nitrogens is 3. The maximum Gasteiger partial charge on any atom is 0.191 e. The fraction of sp³-hybridized carbons (Fsp3) is 0.421. The molecule has 25 heavy (non-hydrogen) atoms. The minimum Gasteiger partial charge on any atom is -0.356 e. The van der Waals surface area contributed by atoms with Crippen molar-refractivity contribution in [2.75, 3.05) is 13.1 Å². The average Bonchev–Trinajstić information content (AvgIpc) is 2.92. The molecule has 6 heteroatoms. The Morgan fingerprint density at radius 1 is 1.36 bits per heavy atom. The van der Waals surface area contributed by atoms with Crippen molar-refractivity contribution in [2.24, 2.45) is 10.9 Å². The van der Waals surface area contributed by atoms with Crippen molar-refractivity contribution < 1.29 is 0 Å². The largest absolute Gasteiger partial charge is 0.356 e. The number of nitrogens with zero attached hydrogens (tertiary/aromatic N) is 4. The first kappa shape index (κ1) is 18.7. The van der Waals surface area contributed by atoms with Crippen LogP contribution in [-0.4, -0.2) is 33.8 Å². The van der Waals surface area contributed by atoms with Gasteiger partial charge >= 0.3 is 0 Å². The predicted molar refractivity (Wildman–Crippen MR) is 102 cm³/mol. The zero-order valence-corrected chi connectivity index (χ0v) is 15.4. The maximum absolute atomic E-state index is 4.59. The van der Waals surface area contributed by atoms with Crippen molar-refractivity contribution in [2.45, 2.75) is 33.9 Å². The van der Waals surface area contributed by atoms with Crippen molar-refractivity contribution in [3.8, 4) is 0 Å². The summed E-state index contributed by atoms with van der Waals surface area (Å²) in [6.07, 6.45) is 3.60. The molecular weight excluding hydrogens is 312 g/mol. The first-order valence-electron chi connectivity index (χ1n) is 8.62. The third kappa shape index (κ3) is 6.41. The minimum atomic E-state index is 0.420. The number of aryl methyl sites for hydroxylation is 2. The quantitative estimate of drug-likeness (QED) is 0.440. The molecular formula is C19H28N6. The smallest absolute Gasteiger partial charge is 0.191 e. The van der Waals surface area contributed by atoms with Crippen molar-refractivity contribution in [1.29, 1.82) is 0 Å². The summed E-state index contributed by atoms with van der Waals surface area (Å²) < 4.78 is 2.06. The summed E-state index contributed by atoms with van der Waals surface area (Å²) in [5.74, 6) is 1.19. The molecule has 0 aliphatic carbocycles. The van der Waals surface area contributed by atoms with E-state index in [1.54, 1.807) is 6.20 Å². The zero-order chi connectivity index (χ0) is 18.1. The molecule has 1 unspecified atom stereocenters. The summed E-state index contributed by atoms with van der Waals surface area (Å²) in [5.41, 5.74) is 3.19. The number of hydrogen-bond acceptors (Lipinski definition) is 3. The van der Waals surface area contributed by atoms with Crippen LogP contribution in [-0.2, 0) is 13.1 Å². The second kappa shape index (κ2) is 9.61. The number of aliphatic imine (C=N–C) groups is 1. The molecule has 0 aromatic carbocycles. The lowest BCUT2D eigenvalue weighted by Gasteiger charge is -2.16. The molecule has 0 bridgehead atoms. The molecule has 2 aromatic heterocycles. The van der Waals surface area contributed by atoms with Gasteiger partial charge in [-0.2, -0.15) is 5.10 Å². The van der Waals surface area contributed by atoms with Gasteiger partial charge in [0, 0.05) is 31.5 Å². The standard InChI is InChI=1S/C19H28N6/c1-5-9-21-19(23-13-18-8-6-7-10-20-18)22-12-15(2)14-25-17(4)11-16(3)24-25/h5-8,10-11,15H,1,9,12-14H2,2-4H3,(H2,21,22,23). The number of rotatable bonds is 8. The van der Waals surface area contributed by atoms with E-state index in [0.29, 0.717) is 19.0 Å². The molecule has 134 valence electrons. The molecule has 2 heterocycles. The van der Waals surface area contributed by atoms with Crippen LogP contribution in [0.5, 0.6) is 0 Å². The average molecular weight is 340 g/mol. The lowest BCUT2D eigenvalue weighted by Crippen LogP contribution is -2.40. The molecule has 0 saturated carbocycles. The Morgan fingerprint density at radius 3 is 2.84 bits per heavy atom. The Bertz CT molecular complexity index is 689. The van der Waals surface area contributed by atoms with Crippen LogP contribution in [0.25, 0.3) is 0 Å². The van der Waals surface area contributed by atoms with E-state index in [1.165, 1.54) is 5.69 Å². The van der Waals surface area contributed by atoms with Gasteiger partial charge in [-0.3, -0.25) is 9.67 Å². The first-order chi connectivity index (χ1) is 12.1. The summed E-state index contributed by atoms with van der Waals surface area (Å²) in [4.78, 5) is 8.89. The number of nitrogens with one attached hydrogen (secondary N) is 2. The van der Waals surface area contributed by atoms with Crippen molar-refractivity contribution in [3.05, 3.63) is 60.2 Å². The Kier molecular flexibility index (Phi) is 7.19. The summed E-state index contributed by atoms with van der Waals surface area (Å²) in [6, 6.07) is 7.95. The lowest BCUT2D eigenvalue weighted by molar-refractivity contribution is 0.436. The molecule has 0 radical (unpaired) electrons. The van der Waals surface area contributed by atoms with Gasteiger partial charge in [-0.15, -0.1) is 6.58 Å². The van der Waals surface area contributed by atoms with E-state index in [2.05, 4.69) is 56.9 Å². The Morgan fingerprint density at radius 2 is 2.20 bits per heavy atom. The molecule has 1 atom stereocenters. The van der Waals surface area contributed by atoms with Crippen LogP contribution in [0.4, 0.5) is 0 Å². The van der Waals surface area contributed by atoms with Gasteiger partial charge in [0.1, 0.15) is 0 Å². The molecule has 2 rings (SSSR count). The van der Waals surface area contributed by atoms with Crippen LogP contribution in [0, 0.1) is 19.8 Å². The van der Waals surface area contributed by atoms with Gasteiger partial charge in [0.15, 0.2) is 5.96 Å². The second-order valence-corrected chi connectivity index (χ2v) is 6.25. The topological polar surface area (TPSA) is 67.1 Å². The predicted octanol–water partition coefficient (Wildman–Crippen LogP) is 2.45. The fourth-order valence-electron chi connectivity index (χ4n) is 2.49. The summed E-state index contributed by atoms with van der Waals surface area (Å²) in [7, 11) is 0. The van der Waals surface area contributed by atoms with Crippen molar-refractivity contribution in [1.82, 2.24) is 25.4 Å². The zero-order valence-electron chi connectivity index (χ0n) is 15.4. The van der Waals surface area contributed by atoms with Crippen molar-refractivity contribution >= 4 is 5.96 Å². The highest BCUT2D eigenvalue weighted by atomic mass is 15.3. The highest BCUT2D eigenvalue weighted by Gasteiger charge is 2.08. The summed E-state index contributed by atoms with van der Waals surface area (Å²) >= 11 is 0. The summed E-state index contributed by atoms with van der Waals surface area (Å²) in [6.45, 7) is 13.0. The number of hydrogen-bond donors (Lipinski definition) is 2. The molecule has 2 aromatic rings. The van der Waals surface area contributed by atoms with Gasteiger partial charge in [-0.25, -0.2) is 4.99 Å². The normalized spacial score (nSPS) is 12.7. The van der Waals surface area contributed by atoms with Gasteiger partial charge in [-0.05, 0) is 38.0 Å². The van der Waals surface area contributed by atoms with Gasteiger partial charge < -0.3 is 10.6 Å². The van der Waals surface area contributed by atoms with Crippen LogP contribution < -0.4 is 10.6 Å². The van der Waals surface area contributed by atoms with Crippen LogP contribution in [0.3, 0.4) is 0 Å². The molecule has 6 nitrogen and oxygen atoms in total. The van der Waals surface area contributed by atoms with Gasteiger partial charge in [0.2, 0.25) is 0 Å². The first-order valence-corrected chi connectivity index (χ1v) is 8.62. The van der Waals surface area contributed by atoms with E-state index in [0.717, 1.165) is 30.4 Å². The highest BCUT2D eigenvalue weighted by molar-refractivity contribution is 5.79. The number of guanidine groups is 1. The molecule has 0 aliphatic rings. The van der Waals surface area contributed by atoms with E-state index < -0.39 is 0 Å². The highest BCUT2D eigenvalue weighted by Crippen LogP contribution is 2.06. The van der Waals surface area contributed by atoms with E-state index in [4.69, 9.17) is 0 Å². The van der Waals surface area contributed by atoms with Crippen LogP contribution in [0.15, 0.2) is 48.1 Å². The van der Waals surface area contributed by atoms with E-state index in [-0.39, 0.29) is 0 Å². The van der Waals surface area contributed by atoms with Crippen LogP contribution >= 0.6 is 0 Å². The minimum absolute atomic E-state index is 0.420. The Balaban J connectivity index is 1.89. The number of pyridine rings is 1. The SMILES string of the molecule is C=CCNC(=NCc1ccccn1)NCC(C)Cn1nc(C)cc1C. The second-order valence-electron chi connectivity index (χ2n) is 6.25. The maximum atomic E-state index is 4.59. The summed E-state index contributed by atoms with van der Waals surface area (Å²) in [5, 5.41) is 11.2. The third-order valence-electron chi connectivity index (χ3n) is 3.75. The lowest BCUT2D eigenvalue weighted by atomic mass is 10.2. The Labute approximate surface area is 150 Å². The fourth-order valence-corrected chi connectivity index (χ4v) is 2.49. The molecule has 0 aliphatic heterocycles. The third-order valence-corrected chi connectivity index (χ3v) is 3.75. The van der Waals surface area contributed by atoms with E-state index >= 15 is 0 Å². The molecule has 0 fully saturated rings. The van der Waals surface area contributed by atoms with Gasteiger partial charge in [-0.1, -0.05) is 19.1 Å². The van der Waals surface area contributed by atoms with E-state index in [1.807, 2.05) is 31.2 Å². The monoisotopic (exact) mass is 340 g/mol. The van der Waals surface area contributed by atoms with Gasteiger partial charge in [0.05, 0.1) is 17.9 Å². The molecule has 2 N–H and O–H groups in total. The Hall–Kier alpha value is -2.63. The molecule has 0 amide bonds. The van der Waals surface area contributed by atoms with Gasteiger partial charge in [0.25, 0.3) is 0 Å².